The van der Waals surface area contributed by atoms with Crippen LogP contribution in [0.1, 0.15) is 83.1 Å². The van der Waals surface area contributed by atoms with E-state index in [1.807, 2.05) is 0 Å². The van der Waals surface area contributed by atoms with Gasteiger partial charge in [-0.1, -0.05) is 0 Å². The van der Waals surface area contributed by atoms with Gasteiger partial charge in [0.2, 0.25) is 0 Å². The number of rotatable bonds is 17. The molecule has 0 bridgehead atoms. The smallest absolute Gasteiger partial charge is 0.368 e. The Morgan fingerprint density at radius 3 is 1.09 bits per heavy atom. The number of nitrogens with two attached hydrogens (primary N) is 3. The second-order valence-electron chi connectivity index (χ2n) is 15.4. The molecule has 366 valence electrons. The fourth-order valence-electron chi connectivity index (χ4n) is 4.47. The third-order valence-corrected chi connectivity index (χ3v) is 11.5. The second kappa shape index (κ2) is 25.6. The molecule has 3 aliphatic rings. The van der Waals surface area contributed by atoms with Crippen molar-refractivity contribution in [1.29, 1.82) is 0 Å². The average Bonchev–Trinajstić information content (AvgIpc) is 3.81. The minimum absolute atomic E-state index is 0.0819. The van der Waals surface area contributed by atoms with Crippen LogP contribution in [-0.4, -0.2) is 104 Å². The minimum atomic E-state index is -1.19. The minimum Gasteiger partial charge on any atom is -0.480 e. The van der Waals surface area contributed by atoms with Gasteiger partial charge in [-0.2, -0.15) is 0 Å². The zero-order valence-electron chi connectivity index (χ0n) is 38.6. The predicted octanol–water partition coefficient (Wildman–Crippen LogP) is 6.73. The molecule has 0 aromatic rings. The van der Waals surface area contributed by atoms with Crippen molar-refractivity contribution in [2.24, 2.45) is 17.2 Å². The molecule has 7 N–H and O–H groups in total. The maximum atomic E-state index is 11.9. The summed E-state index contributed by atoms with van der Waals surface area (Å²) < 4.78 is 53.0. The summed E-state index contributed by atoms with van der Waals surface area (Å²) in [5.41, 5.74) is 17.2. The first-order chi connectivity index (χ1) is 29.8. The summed E-state index contributed by atoms with van der Waals surface area (Å²) in [4.78, 5) is 69.8. The van der Waals surface area contributed by atoms with Crippen LogP contribution < -0.4 is 17.2 Å². The number of hydrogen-bond donors (Lipinski definition) is 4. The van der Waals surface area contributed by atoms with Crippen molar-refractivity contribution in [3.8, 4) is 0 Å². The molecule has 3 atom stereocenters. The molecular formula is C41H61N3O18S3. The van der Waals surface area contributed by atoms with Gasteiger partial charge >= 0.3 is 33.8 Å². The SMILES string of the molecule is C=C1OC(C)=C(COC(=O)SC(C)(C)[C@@H](N)C(=O)O)O1.C=C1OC(C)=C(COC(=O)SC(C)(C)[C@@H](N)C(=O)OC(C)C)O1.C=C1OC(C)=C(COC(=O)SC(C)(C)[C@@H](N)C(=O)OCC)O1. The van der Waals surface area contributed by atoms with Gasteiger partial charge in [0, 0.05) is 14.2 Å². The molecule has 3 aliphatic heterocycles. The topological polar surface area (TPSA) is 302 Å². The van der Waals surface area contributed by atoms with Gasteiger partial charge in [0.15, 0.2) is 37.1 Å². The fraction of sp³-hybridized carbons (Fsp3) is 0.561. The van der Waals surface area contributed by atoms with E-state index in [0.717, 1.165) is 23.5 Å². The summed E-state index contributed by atoms with van der Waals surface area (Å²) in [6.45, 7) is 30.4. The van der Waals surface area contributed by atoms with Crippen molar-refractivity contribution in [1.82, 2.24) is 0 Å². The Balaban J connectivity index is 0.000000489. The van der Waals surface area contributed by atoms with Crippen LogP contribution in [0.15, 0.2) is 72.1 Å². The zero-order chi connectivity index (χ0) is 50.2. The lowest BCUT2D eigenvalue weighted by molar-refractivity contribution is -0.149. The third kappa shape index (κ3) is 20.0. The normalized spacial score (nSPS) is 16.2. The van der Waals surface area contributed by atoms with Crippen molar-refractivity contribution in [2.45, 2.75) is 122 Å². The van der Waals surface area contributed by atoms with Crippen LogP contribution in [0.4, 0.5) is 14.4 Å². The summed E-state index contributed by atoms with van der Waals surface area (Å²) in [6, 6.07) is -3.10. The quantitative estimate of drug-likeness (QED) is 0.0866. The Labute approximate surface area is 391 Å². The molecule has 0 fully saturated rings. The lowest BCUT2D eigenvalue weighted by Gasteiger charge is -2.28. The van der Waals surface area contributed by atoms with E-state index >= 15 is 0 Å². The van der Waals surface area contributed by atoms with Crippen molar-refractivity contribution in [2.75, 3.05) is 26.4 Å². The summed E-state index contributed by atoms with van der Waals surface area (Å²) in [5, 5.41) is 7.05. The number of thioether (sulfide) groups is 3. The summed E-state index contributed by atoms with van der Waals surface area (Å²) in [5.74, 6) is 0.653. The van der Waals surface area contributed by atoms with E-state index in [9.17, 15) is 28.8 Å². The van der Waals surface area contributed by atoms with E-state index in [4.69, 9.17) is 74.4 Å². The van der Waals surface area contributed by atoms with Crippen LogP contribution in [0.5, 0.6) is 0 Å². The Bertz CT molecular complexity index is 1920. The monoisotopic (exact) mass is 979 g/mol. The highest BCUT2D eigenvalue weighted by Gasteiger charge is 2.39. The number of allylic oxidation sites excluding steroid dienone is 3. The molecule has 0 aliphatic carbocycles. The number of carbonyl (C=O) groups is 6. The number of esters is 2. The first-order valence-corrected chi connectivity index (χ1v) is 21.9. The molecule has 65 heavy (non-hydrogen) atoms. The number of hydrogen-bond acceptors (Lipinski definition) is 23. The van der Waals surface area contributed by atoms with E-state index in [1.165, 1.54) is 0 Å². The Hall–Kier alpha value is -5.01. The second-order valence-corrected chi connectivity index (χ2v) is 20.2. The molecule has 0 radical (unpaired) electrons. The molecule has 0 aromatic heterocycles. The first-order valence-electron chi connectivity index (χ1n) is 19.5. The van der Waals surface area contributed by atoms with Crippen LogP contribution in [0.3, 0.4) is 0 Å². The number of carbonyl (C=O) groups excluding carboxylic acids is 5. The number of carboxylic acids is 1. The highest BCUT2D eigenvalue weighted by molar-refractivity contribution is 8.15. The fourth-order valence-corrected chi connectivity index (χ4v) is 6.78. The van der Waals surface area contributed by atoms with Gasteiger partial charge in [-0.25, -0.2) is 14.4 Å². The number of aliphatic carboxylic acids is 1. The molecule has 0 amide bonds. The van der Waals surface area contributed by atoms with E-state index in [1.54, 1.807) is 83.1 Å². The van der Waals surface area contributed by atoms with Crippen molar-refractivity contribution in [3.05, 3.63) is 72.1 Å². The van der Waals surface area contributed by atoms with E-state index in [-0.39, 0.29) is 50.4 Å². The summed E-state index contributed by atoms with van der Waals surface area (Å²) in [7, 11) is 0. The zero-order valence-corrected chi connectivity index (χ0v) is 41.1. The number of carboxylic acid groups (broad SMARTS) is 1. The van der Waals surface area contributed by atoms with Gasteiger partial charge in [-0.3, -0.25) is 14.4 Å². The van der Waals surface area contributed by atoms with Crippen LogP contribution in [0.2, 0.25) is 0 Å². The Kier molecular flexibility index (Phi) is 22.9. The molecule has 24 heteroatoms. The Morgan fingerprint density at radius 1 is 0.554 bits per heavy atom. The molecule has 0 spiro atoms. The van der Waals surface area contributed by atoms with Crippen molar-refractivity contribution < 1.29 is 86.0 Å². The predicted molar refractivity (Wildman–Crippen MR) is 241 cm³/mol. The largest absolute Gasteiger partial charge is 0.480 e. The summed E-state index contributed by atoms with van der Waals surface area (Å²) in [6.07, 6.45) is -0.274. The van der Waals surface area contributed by atoms with Crippen molar-refractivity contribution in [3.63, 3.8) is 0 Å². The third-order valence-electron chi connectivity index (χ3n) is 8.35. The van der Waals surface area contributed by atoms with Gasteiger partial charge in [-0.15, -0.1) is 0 Å². The number of ether oxygens (including phenoxy) is 11. The lowest BCUT2D eigenvalue weighted by Crippen LogP contribution is -2.48. The van der Waals surface area contributed by atoms with E-state index in [2.05, 4.69) is 19.7 Å². The van der Waals surface area contributed by atoms with Gasteiger partial charge in [0.25, 0.3) is 17.8 Å². The van der Waals surface area contributed by atoms with Crippen LogP contribution in [-0.2, 0) is 66.5 Å². The molecule has 0 unspecified atom stereocenters. The molecule has 0 saturated carbocycles. The molecule has 21 nitrogen and oxygen atoms in total. The first kappa shape index (κ1) is 58.0. The maximum absolute atomic E-state index is 11.9. The molecule has 3 heterocycles. The average molecular weight is 980 g/mol. The van der Waals surface area contributed by atoms with Crippen LogP contribution in [0, 0.1) is 0 Å². The molecule has 0 saturated heterocycles. The standard InChI is InChI=1S/C15H23NO6S.C14H21NO6S.C12H17NO6S/c1-8(2)20-13(17)12(16)15(5,6)23-14(18)19-7-11-9(3)21-10(4)22-11;1-6-18-12(16)11(15)14(4,5)22-13(17)19-7-10-8(2)20-9(3)21-10;1-6-8(19-7(2)18-6)5-17-11(16)20-12(3,4)9(13)10(14)15/h8,12H,4,7,16H2,1-3,5-6H3;11H,3,6-7,15H2,1-2,4-5H3;9H,2,5,13H2,1,3-4H3,(H,14,15)/t12-;11-;9-/m000/s1. The highest BCUT2D eigenvalue weighted by Crippen LogP contribution is 2.33. The van der Waals surface area contributed by atoms with Crippen LogP contribution in [0.25, 0.3) is 0 Å². The van der Waals surface area contributed by atoms with Crippen molar-refractivity contribution >= 4 is 69.1 Å². The Morgan fingerprint density at radius 2 is 0.846 bits per heavy atom. The molecule has 3 rings (SSSR count). The van der Waals surface area contributed by atoms with Gasteiger partial charge in [-0.05, 0) is 138 Å². The molecule has 0 aromatic carbocycles. The van der Waals surface area contributed by atoms with E-state index < -0.39 is 66.2 Å². The van der Waals surface area contributed by atoms with Crippen LogP contribution >= 0.6 is 35.3 Å². The van der Waals surface area contributed by atoms with E-state index in [0.29, 0.717) is 46.3 Å². The van der Waals surface area contributed by atoms with Gasteiger partial charge in [0.1, 0.15) is 35.4 Å². The van der Waals surface area contributed by atoms with Gasteiger partial charge in [0.05, 0.1) is 12.7 Å². The summed E-state index contributed by atoms with van der Waals surface area (Å²) >= 11 is 2.36. The molecular weight excluding hydrogens is 919 g/mol. The lowest BCUT2D eigenvalue weighted by atomic mass is 10.0. The highest BCUT2D eigenvalue weighted by atomic mass is 32.2. The van der Waals surface area contributed by atoms with Gasteiger partial charge < -0.3 is 74.4 Å². The maximum Gasteiger partial charge on any atom is 0.368 e.